The van der Waals surface area contributed by atoms with Crippen LogP contribution in [-0.4, -0.2) is 30.0 Å². The third-order valence-electron chi connectivity index (χ3n) is 1.54. The molecule has 0 heterocycles. The number of aliphatic carboxylic acids is 1. The monoisotopic (exact) mass is 190 g/mol. The van der Waals surface area contributed by atoms with Crippen molar-refractivity contribution in [1.82, 2.24) is 0 Å². The molecule has 0 amide bonds. The van der Waals surface area contributed by atoms with Crippen molar-refractivity contribution in [1.29, 1.82) is 5.26 Å². The van der Waals surface area contributed by atoms with Gasteiger partial charge in [0.15, 0.2) is 5.50 Å². The maximum absolute atomic E-state index is 10.1. The Morgan fingerprint density at radius 2 is 2.25 bits per heavy atom. The van der Waals surface area contributed by atoms with Crippen molar-refractivity contribution < 1.29 is 14.4 Å². The summed E-state index contributed by atoms with van der Waals surface area (Å²) in [6.45, 7) is 0. The Kier molecular flexibility index (Phi) is 4.01. The lowest BCUT2D eigenvalue weighted by Gasteiger charge is -2.24. The van der Waals surface area contributed by atoms with E-state index in [9.17, 15) is 9.90 Å². The third-order valence-corrected chi connectivity index (χ3v) is 2.25. The summed E-state index contributed by atoms with van der Waals surface area (Å²) < 4.78 is -0.0607. The normalized spacial score (nSPS) is 13.5. The lowest BCUT2D eigenvalue weighted by atomic mass is 10.3. The highest BCUT2D eigenvalue weighted by atomic mass is 35.5. The standard InChI is InChI=1S/C7H11ClN2O2/c1-10(2,5-9)6(8)3-4-7(11)12/h6H,3-4H2,1-2H3. The number of rotatable bonds is 4. The molecule has 1 unspecified atom stereocenters. The lowest BCUT2D eigenvalue weighted by Crippen LogP contribution is -2.41. The summed E-state index contributed by atoms with van der Waals surface area (Å²) in [5.41, 5.74) is -0.507. The zero-order chi connectivity index (χ0) is 9.78. The van der Waals surface area contributed by atoms with E-state index in [2.05, 4.69) is 0 Å². The molecular formula is C7H11ClN2O2. The van der Waals surface area contributed by atoms with Gasteiger partial charge in [0.2, 0.25) is 0 Å². The van der Waals surface area contributed by atoms with Gasteiger partial charge >= 0.3 is 6.19 Å². The van der Waals surface area contributed by atoms with Crippen LogP contribution in [0, 0.1) is 11.5 Å². The van der Waals surface area contributed by atoms with E-state index in [1.165, 1.54) is 0 Å². The van der Waals surface area contributed by atoms with Gasteiger partial charge in [-0.1, -0.05) is 11.6 Å². The fraction of sp³-hybridized carbons (Fsp3) is 0.714. The summed E-state index contributed by atoms with van der Waals surface area (Å²) in [7, 11) is 3.24. The molecule has 1 atom stereocenters. The Morgan fingerprint density at radius 3 is 2.58 bits per heavy atom. The van der Waals surface area contributed by atoms with Crippen molar-refractivity contribution in [2.45, 2.75) is 18.3 Å². The molecule has 0 aliphatic heterocycles. The minimum atomic E-state index is -1.14. The van der Waals surface area contributed by atoms with Crippen LogP contribution in [-0.2, 0) is 4.79 Å². The number of carbonyl (C=O) groups is 1. The van der Waals surface area contributed by atoms with E-state index in [1.54, 1.807) is 14.1 Å². The molecule has 0 N–H and O–H groups in total. The second-order valence-corrected chi connectivity index (χ2v) is 3.49. The zero-order valence-corrected chi connectivity index (χ0v) is 7.84. The number of nitriles is 1. The van der Waals surface area contributed by atoms with Gasteiger partial charge in [-0.25, -0.2) is 4.48 Å². The van der Waals surface area contributed by atoms with Crippen LogP contribution in [0.5, 0.6) is 0 Å². The van der Waals surface area contributed by atoms with E-state index in [-0.39, 0.29) is 17.3 Å². The van der Waals surface area contributed by atoms with Gasteiger partial charge in [-0.2, -0.15) is 0 Å². The second-order valence-electron chi connectivity index (χ2n) is 2.99. The summed E-state index contributed by atoms with van der Waals surface area (Å²) in [4.78, 5) is 10.1. The predicted molar refractivity (Wildman–Crippen MR) is 41.6 cm³/mol. The molecule has 0 aromatic carbocycles. The third kappa shape index (κ3) is 3.56. The van der Waals surface area contributed by atoms with Crippen molar-refractivity contribution in [3.63, 3.8) is 0 Å². The molecule has 0 spiro atoms. The first-order chi connectivity index (χ1) is 5.40. The van der Waals surface area contributed by atoms with Gasteiger partial charge in [0.25, 0.3) is 0 Å². The van der Waals surface area contributed by atoms with Crippen molar-refractivity contribution in [2.75, 3.05) is 14.1 Å². The van der Waals surface area contributed by atoms with Crippen LogP contribution in [0.25, 0.3) is 0 Å². The zero-order valence-electron chi connectivity index (χ0n) is 7.08. The van der Waals surface area contributed by atoms with Gasteiger partial charge < -0.3 is 9.90 Å². The van der Waals surface area contributed by atoms with Crippen LogP contribution in [0.15, 0.2) is 0 Å². The highest BCUT2D eigenvalue weighted by Crippen LogP contribution is 2.14. The van der Waals surface area contributed by atoms with Crippen molar-refractivity contribution >= 4 is 17.6 Å². The summed E-state index contributed by atoms with van der Waals surface area (Å²) in [6, 6.07) is 0. The number of carboxylic acid groups (broad SMARTS) is 1. The highest BCUT2D eigenvalue weighted by Gasteiger charge is 2.25. The Morgan fingerprint density at radius 1 is 1.75 bits per heavy atom. The first-order valence-corrected chi connectivity index (χ1v) is 3.92. The van der Waals surface area contributed by atoms with Gasteiger partial charge in [0.05, 0.1) is 14.1 Å². The minimum absolute atomic E-state index is 0.0607. The number of carboxylic acids is 1. The average molecular weight is 191 g/mol. The van der Waals surface area contributed by atoms with Crippen LogP contribution in [0.3, 0.4) is 0 Å². The number of nitrogens with zero attached hydrogens (tertiary/aromatic N) is 2. The first-order valence-electron chi connectivity index (χ1n) is 3.49. The van der Waals surface area contributed by atoms with E-state index < -0.39 is 11.5 Å². The minimum Gasteiger partial charge on any atom is -0.550 e. The molecule has 0 bridgehead atoms. The lowest BCUT2D eigenvalue weighted by molar-refractivity contribution is -0.837. The molecule has 0 aromatic heterocycles. The van der Waals surface area contributed by atoms with Crippen LogP contribution >= 0.6 is 11.6 Å². The molecular weight excluding hydrogens is 180 g/mol. The summed E-state index contributed by atoms with van der Waals surface area (Å²) in [5.74, 6) is -1.14. The second kappa shape index (κ2) is 4.29. The fourth-order valence-electron chi connectivity index (χ4n) is 0.622. The number of alkyl halides is 1. The molecule has 0 aliphatic carbocycles. The molecule has 0 fully saturated rings. The molecule has 5 heteroatoms. The van der Waals surface area contributed by atoms with Gasteiger partial charge in [-0.15, -0.1) is 5.26 Å². The van der Waals surface area contributed by atoms with Gasteiger partial charge in [-0.05, 0) is 6.42 Å². The SMILES string of the molecule is C[N+](C)(C#N)C(Cl)CCC(=O)[O-]. The van der Waals surface area contributed by atoms with Crippen LogP contribution in [0.2, 0.25) is 0 Å². The van der Waals surface area contributed by atoms with Gasteiger partial charge in [0, 0.05) is 12.4 Å². The largest absolute Gasteiger partial charge is 0.550 e. The Balaban J connectivity index is 3.97. The molecule has 0 saturated carbocycles. The number of halogens is 1. The van der Waals surface area contributed by atoms with Crippen molar-refractivity contribution in [3.8, 4) is 6.19 Å². The fourth-order valence-corrected chi connectivity index (χ4v) is 0.775. The van der Waals surface area contributed by atoms with E-state index in [1.807, 2.05) is 6.19 Å². The number of quaternary nitrogens is 1. The maximum atomic E-state index is 10.1. The quantitative estimate of drug-likeness (QED) is 0.263. The molecule has 0 saturated heterocycles. The van der Waals surface area contributed by atoms with E-state index in [0.29, 0.717) is 0 Å². The van der Waals surface area contributed by atoms with Gasteiger partial charge in [0.1, 0.15) is 0 Å². The van der Waals surface area contributed by atoms with E-state index in [0.717, 1.165) is 0 Å². The predicted octanol–water partition coefficient (Wildman–Crippen LogP) is -0.361. The number of hydrogen-bond acceptors (Lipinski definition) is 3. The number of hydrogen-bond donors (Lipinski definition) is 0. The van der Waals surface area contributed by atoms with Crippen LogP contribution in [0.1, 0.15) is 12.8 Å². The van der Waals surface area contributed by atoms with E-state index in [4.69, 9.17) is 16.9 Å². The summed E-state index contributed by atoms with van der Waals surface area (Å²) in [5, 5.41) is 18.7. The maximum Gasteiger partial charge on any atom is 0.309 e. The van der Waals surface area contributed by atoms with E-state index >= 15 is 0 Å². The Labute approximate surface area is 76.6 Å². The summed E-state index contributed by atoms with van der Waals surface area (Å²) >= 11 is 5.78. The summed E-state index contributed by atoms with van der Waals surface area (Å²) in [6.07, 6.45) is 2.08. The first kappa shape index (κ1) is 11.2. The Bertz CT molecular complexity index is 210. The molecule has 0 rings (SSSR count). The number of carbonyl (C=O) groups excluding carboxylic acids is 1. The molecule has 0 aliphatic rings. The average Bonchev–Trinajstić information content (AvgIpc) is 2.00. The molecule has 0 aromatic rings. The highest BCUT2D eigenvalue weighted by molar-refractivity contribution is 6.19. The molecule has 4 nitrogen and oxygen atoms in total. The van der Waals surface area contributed by atoms with Crippen LogP contribution in [0.4, 0.5) is 0 Å². The molecule has 12 heavy (non-hydrogen) atoms. The van der Waals surface area contributed by atoms with Crippen molar-refractivity contribution in [3.05, 3.63) is 0 Å². The van der Waals surface area contributed by atoms with Crippen LogP contribution < -0.4 is 5.11 Å². The smallest absolute Gasteiger partial charge is 0.309 e. The van der Waals surface area contributed by atoms with Gasteiger partial charge in [-0.3, -0.25) is 0 Å². The Hall–Kier alpha value is -0.790. The van der Waals surface area contributed by atoms with Crippen molar-refractivity contribution in [2.24, 2.45) is 0 Å². The topological polar surface area (TPSA) is 63.9 Å². The molecule has 68 valence electrons. The molecule has 0 radical (unpaired) electrons.